The fourth-order valence-corrected chi connectivity index (χ4v) is 5.17. The number of Topliss-reactive ketones (excluding diaryl/α,β-unsaturated/α-hetero) is 2. The van der Waals surface area contributed by atoms with Gasteiger partial charge in [0.15, 0.2) is 11.6 Å². The molecule has 0 radical (unpaired) electrons. The van der Waals surface area contributed by atoms with Crippen molar-refractivity contribution in [2.24, 2.45) is 5.41 Å². The third kappa shape index (κ3) is 5.25. The summed E-state index contributed by atoms with van der Waals surface area (Å²) < 4.78 is 15.7. The van der Waals surface area contributed by atoms with E-state index in [9.17, 15) is 14.4 Å². The van der Waals surface area contributed by atoms with Crippen LogP contribution in [0.2, 0.25) is 0 Å². The van der Waals surface area contributed by atoms with E-state index in [1.54, 1.807) is 19.1 Å². The molecule has 2 aromatic carbocycles. The van der Waals surface area contributed by atoms with Crippen molar-refractivity contribution in [2.45, 2.75) is 58.5 Å². The van der Waals surface area contributed by atoms with Crippen LogP contribution in [0.3, 0.4) is 0 Å². The minimum absolute atomic E-state index is 0.195. The fraction of sp³-hybridized carbons (Fsp3) is 0.483. The Morgan fingerprint density at radius 2 is 1.44 bits per heavy atom. The maximum Gasteiger partial charge on any atom is 0.410 e. The molecular formula is C29H35NO6. The summed E-state index contributed by atoms with van der Waals surface area (Å²) in [5, 5.41) is 0. The molecular weight excluding hydrogens is 458 g/mol. The zero-order valence-corrected chi connectivity index (χ0v) is 21.8. The summed E-state index contributed by atoms with van der Waals surface area (Å²) in [6.07, 6.45) is 3.37. The van der Waals surface area contributed by atoms with Crippen molar-refractivity contribution in [1.29, 1.82) is 0 Å². The van der Waals surface area contributed by atoms with Crippen molar-refractivity contribution < 1.29 is 28.6 Å². The standard InChI is InChI=1S/C19H25NO4.C10H10O2/c1-18(2,3)24-17(22)20-9-7-19(8-10-20)12-13-5-6-14(23-4)11-15(13)16(19)21;1-12-8-4-2-7-3-5-10(11)9(7)6-8/h5-6,11H,7-10,12H2,1-4H3;2,4,6H,3,5H2,1H3. The number of amides is 1. The van der Waals surface area contributed by atoms with Crippen LogP contribution in [0.5, 0.6) is 11.5 Å². The Kier molecular flexibility index (Phi) is 7.12. The number of carbonyl (C=O) groups excluding carboxylic acids is 3. The molecule has 1 amide bonds. The van der Waals surface area contributed by atoms with Crippen LogP contribution in [-0.2, 0) is 17.6 Å². The lowest BCUT2D eigenvalue weighted by Crippen LogP contribution is -2.47. The van der Waals surface area contributed by atoms with Gasteiger partial charge in [-0.15, -0.1) is 0 Å². The highest BCUT2D eigenvalue weighted by Gasteiger charge is 2.48. The van der Waals surface area contributed by atoms with Crippen molar-refractivity contribution in [3.8, 4) is 11.5 Å². The van der Waals surface area contributed by atoms with Crippen LogP contribution in [0.1, 0.15) is 71.9 Å². The molecule has 1 spiro atoms. The van der Waals surface area contributed by atoms with Gasteiger partial charge in [0.05, 0.1) is 14.2 Å². The van der Waals surface area contributed by atoms with E-state index in [1.165, 1.54) is 0 Å². The molecule has 0 N–H and O–H groups in total. The molecule has 36 heavy (non-hydrogen) atoms. The van der Waals surface area contributed by atoms with E-state index >= 15 is 0 Å². The summed E-state index contributed by atoms with van der Waals surface area (Å²) in [6.45, 7) is 6.71. The number of piperidine rings is 1. The predicted molar refractivity (Wildman–Crippen MR) is 136 cm³/mol. The molecule has 1 heterocycles. The Labute approximate surface area is 212 Å². The Hall–Kier alpha value is -3.35. The number of ketones is 2. The molecule has 0 aromatic heterocycles. The van der Waals surface area contributed by atoms with Crippen LogP contribution >= 0.6 is 0 Å². The van der Waals surface area contributed by atoms with E-state index in [0.29, 0.717) is 38.1 Å². The highest BCUT2D eigenvalue weighted by Crippen LogP contribution is 2.45. The van der Waals surface area contributed by atoms with Crippen LogP contribution < -0.4 is 9.47 Å². The van der Waals surface area contributed by atoms with E-state index in [2.05, 4.69) is 0 Å². The topological polar surface area (TPSA) is 82.1 Å². The third-order valence-electron chi connectivity index (χ3n) is 7.18. The first kappa shape index (κ1) is 25.7. The molecule has 0 saturated carbocycles. The van der Waals surface area contributed by atoms with Crippen molar-refractivity contribution in [3.05, 3.63) is 58.7 Å². The molecule has 1 fully saturated rings. The number of fused-ring (bicyclic) bond motifs is 2. The number of aryl methyl sites for hydroxylation is 1. The minimum Gasteiger partial charge on any atom is -0.497 e. The average Bonchev–Trinajstić information content (AvgIpc) is 3.35. The van der Waals surface area contributed by atoms with Crippen molar-refractivity contribution in [2.75, 3.05) is 27.3 Å². The van der Waals surface area contributed by atoms with Crippen molar-refractivity contribution in [3.63, 3.8) is 0 Å². The normalized spacial score (nSPS) is 17.8. The first-order valence-corrected chi connectivity index (χ1v) is 12.4. The van der Waals surface area contributed by atoms with Crippen LogP contribution in [-0.4, -0.2) is 55.5 Å². The monoisotopic (exact) mass is 493 g/mol. The second-order valence-corrected chi connectivity index (χ2v) is 10.7. The second kappa shape index (κ2) is 9.96. The SMILES string of the molecule is COc1ccc2c(c1)C(=O)C1(CCN(C(=O)OC(C)(C)C)CC1)C2.COc1ccc2c(c1)C(=O)CC2. The number of nitrogens with zero attached hydrogens (tertiary/aromatic N) is 1. The van der Waals surface area contributed by atoms with Gasteiger partial charge in [-0.25, -0.2) is 4.79 Å². The van der Waals surface area contributed by atoms with Gasteiger partial charge >= 0.3 is 6.09 Å². The zero-order valence-electron chi connectivity index (χ0n) is 21.8. The van der Waals surface area contributed by atoms with Crippen molar-refractivity contribution >= 4 is 17.7 Å². The Balaban J connectivity index is 0.000000211. The van der Waals surface area contributed by atoms with Gasteiger partial charge in [0, 0.05) is 36.1 Å². The molecule has 192 valence electrons. The molecule has 2 aliphatic carbocycles. The van der Waals surface area contributed by atoms with Gasteiger partial charge in [-0.1, -0.05) is 12.1 Å². The van der Waals surface area contributed by atoms with Gasteiger partial charge in [0.2, 0.25) is 0 Å². The Morgan fingerprint density at radius 3 is 2.03 bits per heavy atom. The van der Waals surface area contributed by atoms with Crippen molar-refractivity contribution in [1.82, 2.24) is 4.90 Å². The molecule has 7 heteroatoms. The summed E-state index contributed by atoms with van der Waals surface area (Å²) in [4.78, 5) is 38.2. The molecule has 1 saturated heterocycles. The van der Waals surface area contributed by atoms with Gasteiger partial charge in [-0.3, -0.25) is 9.59 Å². The van der Waals surface area contributed by atoms with Gasteiger partial charge in [0.1, 0.15) is 17.1 Å². The van der Waals surface area contributed by atoms with E-state index in [4.69, 9.17) is 14.2 Å². The van der Waals surface area contributed by atoms with Crippen LogP contribution in [0, 0.1) is 5.41 Å². The summed E-state index contributed by atoms with van der Waals surface area (Å²) >= 11 is 0. The lowest BCUT2D eigenvalue weighted by atomic mass is 9.75. The summed E-state index contributed by atoms with van der Waals surface area (Å²) in [5.74, 6) is 1.92. The summed E-state index contributed by atoms with van der Waals surface area (Å²) in [5.41, 5.74) is 3.00. The first-order valence-electron chi connectivity index (χ1n) is 12.4. The maximum absolute atomic E-state index is 13.0. The summed E-state index contributed by atoms with van der Waals surface area (Å²) in [7, 11) is 3.22. The van der Waals surface area contributed by atoms with Crippen LogP contribution in [0.4, 0.5) is 4.79 Å². The number of hydrogen-bond donors (Lipinski definition) is 0. The van der Waals surface area contributed by atoms with Crippen LogP contribution in [0.25, 0.3) is 0 Å². The molecule has 5 rings (SSSR count). The molecule has 0 unspecified atom stereocenters. The lowest BCUT2D eigenvalue weighted by molar-refractivity contribution is 0.0114. The molecule has 3 aliphatic rings. The smallest absolute Gasteiger partial charge is 0.410 e. The highest BCUT2D eigenvalue weighted by molar-refractivity contribution is 6.05. The van der Waals surface area contributed by atoms with Gasteiger partial charge < -0.3 is 19.1 Å². The largest absolute Gasteiger partial charge is 0.497 e. The summed E-state index contributed by atoms with van der Waals surface area (Å²) in [6, 6.07) is 11.4. The van der Waals surface area contributed by atoms with Gasteiger partial charge in [0.25, 0.3) is 0 Å². The predicted octanol–water partition coefficient (Wildman–Crippen LogP) is 5.28. The second-order valence-electron chi connectivity index (χ2n) is 10.7. The number of rotatable bonds is 2. The number of carbonyl (C=O) groups is 3. The number of hydrogen-bond acceptors (Lipinski definition) is 6. The lowest BCUT2D eigenvalue weighted by Gasteiger charge is -2.38. The first-order chi connectivity index (χ1) is 17.0. The average molecular weight is 494 g/mol. The Morgan fingerprint density at radius 1 is 0.861 bits per heavy atom. The van der Waals surface area contributed by atoms with Gasteiger partial charge in [-0.2, -0.15) is 0 Å². The van der Waals surface area contributed by atoms with E-state index in [0.717, 1.165) is 40.8 Å². The molecule has 2 aromatic rings. The minimum atomic E-state index is -0.498. The molecule has 1 aliphatic heterocycles. The van der Waals surface area contributed by atoms with E-state index in [1.807, 2.05) is 57.2 Å². The fourth-order valence-electron chi connectivity index (χ4n) is 5.17. The van der Waals surface area contributed by atoms with Crippen LogP contribution in [0.15, 0.2) is 36.4 Å². The quantitative estimate of drug-likeness (QED) is 0.567. The molecule has 0 atom stereocenters. The van der Waals surface area contributed by atoms with Gasteiger partial charge in [-0.05, 0) is 81.8 Å². The third-order valence-corrected chi connectivity index (χ3v) is 7.18. The molecule has 0 bridgehead atoms. The van der Waals surface area contributed by atoms with E-state index in [-0.39, 0.29) is 23.1 Å². The van der Waals surface area contributed by atoms with E-state index < -0.39 is 5.60 Å². The zero-order chi connectivity index (χ0) is 26.1. The highest BCUT2D eigenvalue weighted by atomic mass is 16.6. The Bertz CT molecular complexity index is 1170. The number of likely N-dealkylation sites (tertiary alicyclic amines) is 1. The number of benzene rings is 2. The molecule has 7 nitrogen and oxygen atoms in total. The number of methoxy groups -OCH3 is 2. The number of ether oxygens (including phenoxy) is 3. The maximum atomic E-state index is 13.0.